The average molecular weight is 737 g/mol. The van der Waals surface area contributed by atoms with Gasteiger partial charge in [0.1, 0.15) is 23.7 Å². The first-order valence-corrected chi connectivity index (χ1v) is 18.2. The summed E-state index contributed by atoms with van der Waals surface area (Å²) in [6.07, 6.45) is -2.87. The van der Waals surface area contributed by atoms with Crippen LogP contribution in [-0.4, -0.2) is 108 Å². The van der Waals surface area contributed by atoms with Crippen LogP contribution in [0.1, 0.15) is 55.2 Å². The molecule has 2 saturated carbocycles. The second kappa shape index (κ2) is 13.5. The number of benzene rings is 1. The van der Waals surface area contributed by atoms with Gasteiger partial charge < -0.3 is 25.2 Å². The zero-order chi connectivity index (χ0) is 36.9. The summed E-state index contributed by atoms with van der Waals surface area (Å²) in [5, 5.41) is 3.96. The van der Waals surface area contributed by atoms with Crippen molar-refractivity contribution in [3.05, 3.63) is 53.6 Å². The lowest BCUT2D eigenvalue weighted by Crippen LogP contribution is -2.59. The second-order valence-corrected chi connectivity index (χ2v) is 15.7. The highest BCUT2D eigenvalue weighted by Crippen LogP contribution is 2.45. The van der Waals surface area contributed by atoms with Crippen LogP contribution < -0.4 is 15.4 Å². The van der Waals surface area contributed by atoms with Crippen molar-refractivity contribution < 1.29 is 50.3 Å². The van der Waals surface area contributed by atoms with Crippen molar-refractivity contribution in [2.75, 3.05) is 20.1 Å². The van der Waals surface area contributed by atoms with Gasteiger partial charge in [-0.3, -0.25) is 24.0 Å². The third-order valence-corrected chi connectivity index (χ3v) is 11.8. The van der Waals surface area contributed by atoms with Gasteiger partial charge in [-0.05, 0) is 42.4 Å². The molecule has 2 aliphatic carbocycles. The third-order valence-electron chi connectivity index (χ3n) is 9.95. The molecule has 3 heterocycles. The highest BCUT2D eigenvalue weighted by atomic mass is 32.2. The maximum atomic E-state index is 14.0. The lowest BCUT2D eigenvalue weighted by atomic mass is 10.0. The van der Waals surface area contributed by atoms with Gasteiger partial charge in [0, 0.05) is 32.5 Å². The summed E-state index contributed by atoms with van der Waals surface area (Å²) in [4.78, 5) is 71.1. The first-order chi connectivity index (χ1) is 24.0. The van der Waals surface area contributed by atoms with Crippen molar-refractivity contribution in [2.24, 2.45) is 5.92 Å². The molecule has 0 radical (unpaired) electrons. The van der Waals surface area contributed by atoms with Gasteiger partial charge >= 0.3 is 18.3 Å². The normalized spacial score (nSPS) is 29.0. The van der Waals surface area contributed by atoms with Crippen molar-refractivity contribution in [2.45, 2.75) is 86.8 Å². The molecule has 51 heavy (non-hydrogen) atoms. The van der Waals surface area contributed by atoms with Gasteiger partial charge in [0.2, 0.25) is 21.8 Å². The van der Waals surface area contributed by atoms with Crippen molar-refractivity contribution in [1.82, 2.24) is 30.1 Å². The fourth-order valence-electron chi connectivity index (χ4n) is 6.82. The van der Waals surface area contributed by atoms with Crippen LogP contribution >= 0.6 is 0 Å². The Morgan fingerprint density at radius 2 is 1.92 bits per heavy atom. The highest BCUT2D eigenvalue weighted by molar-refractivity contribution is 7.91. The Morgan fingerprint density at radius 1 is 1.18 bits per heavy atom. The Morgan fingerprint density at radius 3 is 2.59 bits per heavy atom. The molecule has 0 aromatic heterocycles. The number of hydrogen-bond donors (Lipinski definition) is 3. The van der Waals surface area contributed by atoms with E-state index in [1.54, 1.807) is 6.08 Å². The zero-order valence-electron chi connectivity index (χ0n) is 27.8. The van der Waals surface area contributed by atoms with Crippen LogP contribution in [-0.2, 0) is 42.2 Å². The summed E-state index contributed by atoms with van der Waals surface area (Å²) in [6, 6.07) is 0.926. The van der Waals surface area contributed by atoms with E-state index in [9.17, 15) is 45.6 Å². The number of carbonyl (C=O) groups excluding carboxylic acids is 5. The average Bonchev–Trinajstić information content (AvgIpc) is 3.95. The molecule has 3 N–H and O–H groups in total. The van der Waals surface area contributed by atoms with E-state index >= 15 is 0 Å². The van der Waals surface area contributed by atoms with Crippen molar-refractivity contribution >= 4 is 45.9 Å². The van der Waals surface area contributed by atoms with E-state index in [-0.39, 0.29) is 32.5 Å². The number of alkyl halides is 3. The van der Waals surface area contributed by atoms with Crippen LogP contribution in [0.4, 0.5) is 22.8 Å². The Balaban J connectivity index is 1.29. The predicted molar refractivity (Wildman–Crippen MR) is 175 cm³/mol. The minimum Gasteiger partial charge on any atom is -0.444 e. The monoisotopic (exact) mass is 736 g/mol. The SMILES string of the molecule is C=C[C@@H]1C[C@]1(NC(=O)[C@@H]1C[C@@H]2CN1C(=O)[C@H](CC(F)(F)F)NC(=O)N(C)CC/C=C/c1cccc3c1CN(C3)C(=O)O2)C(=O)NS(=O)(=O)C1CC1. The van der Waals surface area contributed by atoms with E-state index in [2.05, 4.69) is 17.2 Å². The molecular weight excluding hydrogens is 697 g/mol. The van der Waals surface area contributed by atoms with Gasteiger partial charge in [0.15, 0.2) is 0 Å². The highest BCUT2D eigenvalue weighted by Gasteiger charge is 2.62. The maximum absolute atomic E-state index is 14.0. The summed E-state index contributed by atoms with van der Waals surface area (Å²) >= 11 is 0. The van der Waals surface area contributed by atoms with Gasteiger partial charge in [-0.1, -0.05) is 36.4 Å². The molecule has 14 nitrogen and oxygen atoms in total. The lowest BCUT2D eigenvalue weighted by molar-refractivity contribution is -0.155. The van der Waals surface area contributed by atoms with Gasteiger partial charge in [-0.2, -0.15) is 13.2 Å². The molecule has 0 spiro atoms. The molecule has 5 atom stereocenters. The molecule has 1 aromatic rings. The van der Waals surface area contributed by atoms with Gasteiger partial charge in [0.05, 0.1) is 24.8 Å². The first kappa shape index (κ1) is 36.2. The number of amides is 6. The number of hydrogen-bond acceptors (Lipinski definition) is 8. The van der Waals surface area contributed by atoms with E-state index < -0.39 is 93.9 Å². The van der Waals surface area contributed by atoms with Crippen LogP contribution in [0.2, 0.25) is 0 Å². The Bertz CT molecular complexity index is 1780. The summed E-state index contributed by atoms with van der Waals surface area (Å²) in [5.41, 5.74) is 0.872. The molecule has 18 heteroatoms. The Kier molecular flexibility index (Phi) is 9.58. The number of rotatable bonds is 7. The number of urea groups is 1. The summed E-state index contributed by atoms with van der Waals surface area (Å²) in [6.45, 7) is 3.68. The molecule has 5 aliphatic rings. The number of sulfonamides is 1. The summed E-state index contributed by atoms with van der Waals surface area (Å²) < 4.78 is 74.3. The molecule has 3 fully saturated rings. The molecule has 1 aromatic carbocycles. The summed E-state index contributed by atoms with van der Waals surface area (Å²) in [5.74, 6) is -3.91. The molecular formula is C33H39F3N6O8S. The first-order valence-electron chi connectivity index (χ1n) is 16.6. The molecule has 3 aliphatic heterocycles. The number of halogens is 3. The number of ether oxygens (including phenoxy) is 1. The van der Waals surface area contributed by atoms with E-state index in [0.717, 1.165) is 26.5 Å². The molecule has 0 unspecified atom stereocenters. The topological polar surface area (TPSA) is 175 Å². The quantitative estimate of drug-likeness (QED) is 0.357. The van der Waals surface area contributed by atoms with Crippen molar-refractivity contribution in [3.8, 4) is 0 Å². The minimum atomic E-state index is -4.91. The van der Waals surface area contributed by atoms with Crippen molar-refractivity contribution in [3.63, 3.8) is 0 Å². The zero-order valence-corrected chi connectivity index (χ0v) is 28.6. The van der Waals surface area contributed by atoms with Crippen LogP contribution in [0.15, 0.2) is 36.9 Å². The second-order valence-electron chi connectivity index (χ2n) is 13.7. The smallest absolute Gasteiger partial charge is 0.410 e. The van der Waals surface area contributed by atoms with Gasteiger partial charge in [0.25, 0.3) is 5.91 Å². The van der Waals surface area contributed by atoms with Crippen LogP contribution in [0.5, 0.6) is 0 Å². The molecule has 276 valence electrons. The van der Waals surface area contributed by atoms with E-state index in [4.69, 9.17) is 4.74 Å². The van der Waals surface area contributed by atoms with Crippen molar-refractivity contribution in [1.29, 1.82) is 0 Å². The largest absolute Gasteiger partial charge is 0.444 e. The summed E-state index contributed by atoms with van der Waals surface area (Å²) in [7, 11) is -2.64. The van der Waals surface area contributed by atoms with E-state index in [1.807, 2.05) is 29.0 Å². The van der Waals surface area contributed by atoms with Crippen LogP contribution in [0.25, 0.3) is 6.08 Å². The number of nitrogens with zero attached hydrogens (tertiary/aromatic N) is 3. The predicted octanol–water partition coefficient (Wildman–Crippen LogP) is 2.16. The molecule has 6 amide bonds. The van der Waals surface area contributed by atoms with Gasteiger partial charge in [-0.15, -0.1) is 6.58 Å². The third kappa shape index (κ3) is 7.69. The molecule has 6 rings (SSSR count). The number of nitrogens with one attached hydrogen (secondary N) is 3. The Labute approximate surface area is 292 Å². The lowest BCUT2D eigenvalue weighted by Gasteiger charge is -2.31. The fraction of sp³-hybridized carbons (Fsp3) is 0.545. The van der Waals surface area contributed by atoms with Gasteiger partial charge in [-0.25, -0.2) is 18.0 Å². The van der Waals surface area contributed by atoms with E-state index in [1.165, 1.54) is 18.0 Å². The van der Waals surface area contributed by atoms with E-state index in [0.29, 0.717) is 19.3 Å². The maximum Gasteiger partial charge on any atom is 0.410 e. The van der Waals surface area contributed by atoms with Crippen LogP contribution in [0.3, 0.4) is 0 Å². The Hall–Kier alpha value is -4.61. The van der Waals surface area contributed by atoms with Crippen LogP contribution in [0, 0.1) is 5.92 Å². The standard InChI is InChI=1S/C33H39F3N6O8S/c1-3-21-14-32(21,29(45)39-51(48,49)23-10-11-23)38-27(43)26-13-22-17-42(26)28(44)25(15-33(34,35)36)37-30(46)40(2)12-5-4-7-19-8-6-9-20-16-41(18-24(19)20)31(47)50-22/h3-4,6-9,21-23,25-26H,1,5,10-18H2,2H3,(H,37,46)(H,38,43)(H,39,45)/b7-4+/t21-,22-,25+,26+,32-/m1/s1. The molecule has 1 saturated heterocycles. The number of fused-ring (bicyclic) bond motifs is 3. The number of carbonyl (C=O) groups is 5. The fourth-order valence-corrected chi connectivity index (χ4v) is 8.18. The minimum absolute atomic E-state index is 0.0151. The molecule has 4 bridgehead atoms.